The van der Waals surface area contributed by atoms with Crippen molar-refractivity contribution < 1.29 is 35.9 Å². The summed E-state index contributed by atoms with van der Waals surface area (Å²) < 4.78 is 81.7. The standard InChI is InChI=1S/C32H34F4N2O4S/c1-19-6-8-21(9-7-19)20(2)12-28(39)25-15-23(33)10-11-26(25)30(3,4)18-31(40,32(34,35)36)16-24-13-22-14-29(43(5,41)42)37-17-27(22)38-24/h6-11,13-15,17,20,38,40H,12,16,18H2,1-5H3/t20-,31?/m1/s1. The van der Waals surface area contributed by atoms with Gasteiger partial charge >= 0.3 is 6.18 Å². The first-order valence-electron chi connectivity index (χ1n) is 13.7. The lowest BCUT2D eigenvalue weighted by Gasteiger charge is -2.38. The molecule has 0 fully saturated rings. The quantitative estimate of drug-likeness (QED) is 0.147. The average Bonchev–Trinajstić information content (AvgIpc) is 3.28. The van der Waals surface area contributed by atoms with Crippen LogP contribution in [0.5, 0.6) is 0 Å². The highest BCUT2D eigenvalue weighted by Crippen LogP contribution is 2.44. The number of nitrogens with one attached hydrogen (secondary N) is 1. The Bertz CT molecular complexity index is 1760. The van der Waals surface area contributed by atoms with Gasteiger partial charge in [-0.05, 0) is 60.1 Å². The molecule has 0 aliphatic heterocycles. The molecule has 230 valence electrons. The van der Waals surface area contributed by atoms with Crippen molar-refractivity contribution >= 4 is 26.5 Å². The molecule has 2 heterocycles. The molecular weight excluding hydrogens is 584 g/mol. The molecule has 43 heavy (non-hydrogen) atoms. The molecule has 2 N–H and O–H groups in total. The summed E-state index contributed by atoms with van der Waals surface area (Å²) in [6, 6.07) is 13.6. The van der Waals surface area contributed by atoms with Gasteiger partial charge in [0.2, 0.25) is 0 Å². The molecule has 4 rings (SSSR count). The Morgan fingerprint density at radius 2 is 1.70 bits per heavy atom. The Kier molecular flexibility index (Phi) is 8.65. The van der Waals surface area contributed by atoms with Gasteiger partial charge in [-0.2, -0.15) is 13.2 Å². The highest BCUT2D eigenvalue weighted by molar-refractivity contribution is 7.90. The summed E-state index contributed by atoms with van der Waals surface area (Å²) in [7, 11) is -3.65. The molecule has 2 atom stereocenters. The molecule has 2 aromatic carbocycles. The minimum Gasteiger partial charge on any atom is -0.380 e. The van der Waals surface area contributed by atoms with E-state index in [9.17, 15) is 35.9 Å². The second kappa shape index (κ2) is 11.5. The number of nitrogens with zero attached hydrogens (tertiary/aromatic N) is 1. The molecule has 0 bridgehead atoms. The highest BCUT2D eigenvalue weighted by atomic mass is 32.2. The van der Waals surface area contributed by atoms with E-state index in [1.54, 1.807) is 0 Å². The number of pyridine rings is 1. The van der Waals surface area contributed by atoms with Crippen molar-refractivity contribution in [2.24, 2.45) is 0 Å². The Morgan fingerprint density at radius 3 is 2.30 bits per heavy atom. The molecule has 0 aliphatic carbocycles. The van der Waals surface area contributed by atoms with Gasteiger partial charge < -0.3 is 10.1 Å². The Morgan fingerprint density at radius 1 is 1.05 bits per heavy atom. The van der Waals surface area contributed by atoms with Gasteiger partial charge in [0.05, 0.1) is 11.7 Å². The average molecular weight is 619 g/mol. The van der Waals surface area contributed by atoms with Crippen LogP contribution in [-0.4, -0.2) is 47.3 Å². The van der Waals surface area contributed by atoms with Crippen molar-refractivity contribution in [1.29, 1.82) is 0 Å². The number of rotatable bonds is 10. The lowest BCUT2D eigenvalue weighted by atomic mass is 9.71. The van der Waals surface area contributed by atoms with Crippen LogP contribution in [-0.2, 0) is 21.7 Å². The van der Waals surface area contributed by atoms with Crippen molar-refractivity contribution in [2.75, 3.05) is 6.26 Å². The second-order valence-electron chi connectivity index (χ2n) is 12.1. The lowest BCUT2D eigenvalue weighted by molar-refractivity contribution is -0.266. The third kappa shape index (κ3) is 7.15. The van der Waals surface area contributed by atoms with Crippen LogP contribution < -0.4 is 0 Å². The van der Waals surface area contributed by atoms with Crippen LogP contribution in [0.1, 0.15) is 72.3 Å². The SMILES string of the molecule is Cc1ccc([C@H](C)CC(=O)c2cc(F)ccc2C(C)(C)CC(O)(Cc2cc3cc(S(C)(=O)=O)ncc3[nH]2)C(F)(F)F)cc1. The lowest BCUT2D eigenvalue weighted by Crippen LogP contribution is -2.51. The number of H-pyrrole nitrogens is 1. The normalized spacial score (nSPS) is 14.9. The third-order valence-corrected chi connectivity index (χ3v) is 8.79. The molecule has 6 nitrogen and oxygen atoms in total. The number of aromatic amines is 1. The van der Waals surface area contributed by atoms with Crippen molar-refractivity contribution in [2.45, 2.75) is 75.1 Å². The molecule has 0 radical (unpaired) electrons. The number of aliphatic hydroxyl groups is 1. The first kappa shape index (κ1) is 32.3. The number of alkyl halides is 3. The van der Waals surface area contributed by atoms with E-state index in [2.05, 4.69) is 9.97 Å². The first-order chi connectivity index (χ1) is 19.8. The fourth-order valence-electron chi connectivity index (χ4n) is 5.51. The number of Topliss-reactive ketones (excluding diaryl/α,β-unsaturated/α-hetero) is 1. The fraction of sp³-hybridized carbons (Fsp3) is 0.375. The van der Waals surface area contributed by atoms with E-state index in [1.807, 2.05) is 38.1 Å². The zero-order valence-electron chi connectivity index (χ0n) is 24.5. The van der Waals surface area contributed by atoms with Crippen molar-refractivity contribution in [3.05, 3.63) is 94.6 Å². The van der Waals surface area contributed by atoms with Crippen LogP contribution in [0.2, 0.25) is 0 Å². The van der Waals surface area contributed by atoms with Crippen LogP contribution in [0.15, 0.2) is 65.8 Å². The van der Waals surface area contributed by atoms with Crippen molar-refractivity contribution in [1.82, 2.24) is 9.97 Å². The number of ketones is 1. The van der Waals surface area contributed by atoms with Crippen LogP contribution in [0, 0.1) is 12.7 Å². The van der Waals surface area contributed by atoms with Gasteiger partial charge in [-0.15, -0.1) is 0 Å². The Hall–Kier alpha value is -3.57. The van der Waals surface area contributed by atoms with E-state index in [0.29, 0.717) is 10.9 Å². The number of aryl methyl sites for hydroxylation is 1. The molecule has 0 saturated heterocycles. The summed E-state index contributed by atoms with van der Waals surface area (Å²) in [5, 5.41) is 11.3. The molecule has 0 spiro atoms. The molecule has 2 aromatic heterocycles. The van der Waals surface area contributed by atoms with E-state index in [-0.39, 0.29) is 34.2 Å². The monoisotopic (exact) mass is 618 g/mol. The number of benzene rings is 2. The third-order valence-electron chi connectivity index (χ3n) is 7.81. The maximum Gasteiger partial charge on any atom is 0.417 e. The topological polar surface area (TPSA) is 100 Å². The number of fused-ring (bicyclic) bond motifs is 1. The van der Waals surface area contributed by atoms with Crippen LogP contribution in [0.25, 0.3) is 10.9 Å². The second-order valence-corrected chi connectivity index (χ2v) is 14.0. The van der Waals surface area contributed by atoms with Gasteiger partial charge in [-0.25, -0.2) is 17.8 Å². The minimum atomic E-state index is -5.08. The number of carbonyl (C=O) groups is 1. The largest absolute Gasteiger partial charge is 0.417 e. The van der Waals surface area contributed by atoms with Gasteiger partial charge in [-0.1, -0.05) is 56.7 Å². The van der Waals surface area contributed by atoms with Gasteiger partial charge in [-0.3, -0.25) is 4.79 Å². The summed E-state index contributed by atoms with van der Waals surface area (Å²) in [6.07, 6.45) is -4.61. The maximum atomic E-state index is 14.5. The van der Waals surface area contributed by atoms with E-state index in [4.69, 9.17) is 0 Å². The van der Waals surface area contributed by atoms with Gasteiger partial charge in [0.1, 0.15) is 5.82 Å². The Balaban J connectivity index is 1.66. The number of aromatic nitrogens is 2. The summed E-state index contributed by atoms with van der Waals surface area (Å²) in [6.45, 7) is 6.74. The molecule has 0 aliphatic rings. The Labute approximate surface area is 248 Å². The molecule has 4 aromatic rings. The van der Waals surface area contributed by atoms with E-state index in [0.717, 1.165) is 29.5 Å². The van der Waals surface area contributed by atoms with Crippen molar-refractivity contribution in [3.8, 4) is 0 Å². The number of halogens is 4. The number of carbonyl (C=O) groups excluding carboxylic acids is 1. The first-order valence-corrected chi connectivity index (χ1v) is 15.5. The van der Waals surface area contributed by atoms with E-state index >= 15 is 0 Å². The van der Waals surface area contributed by atoms with Gasteiger partial charge in [0, 0.05) is 35.7 Å². The summed E-state index contributed by atoms with van der Waals surface area (Å²) in [4.78, 5) is 20.1. The highest BCUT2D eigenvalue weighted by Gasteiger charge is 2.56. The van der Waals surface area contributed by atoms with Gasteiger partial charge in [0.15, 0.2) is 26.2 Å². The smallest absolute Gasteiger partial charge is 0.380 e. The number of hydrogen-bond donors (Lipinski definition) is 2. The van der Waals surface area contributed by atoms with E-state index < -0.39 is 51.5 Å². The molecule has 0 saturated carbocycles. The van der Waals surface area contributed by atoms with E-state index in [1.165, 1.54) is 38.2 Å². The summed E-state index contributed by atoms with van der Waals surface area (Å²) in [5.41, 5.74) is -2.24. The van der Waals surface area contributed by atoms with Gasteiger partial charge in [0.25, 0.3) is 0 Å². The molecule has 0 amide bonds. The predicted molar refractivity (Wildman–Crippen MR) is 156 cm³/mol. The van der Waals surface area contributed by atoms with Crippen molar-refractivity contribution in [3.63, 3.8) is 0 Å². The molecule has 11 heteroatoms. The number of hydrogen-bond acceptors (Lipinski definition) is 5. The summed E-state index contributed by atoms with van der Waals surface area (Å²) in [5.74, 6) is -1.34. The van der Waals surface area contributed by atoms with Crippen LogP contribution >= 0.6 is 0 Å². The zero-order valence-corrected chi connectivity index (χ0v) is 25.3. The molecule has 1 unspecified atom stereocenters. The molecular formula is C32H34F4N2O4S. The fourth-order valence-corrected chi connectivity index (χ4v) is 6.10. The minimum absolute atomic E-state index is 0.0116. The van der Waals surface area contributed by atoms with Crippen LogP contribution in [0.4, 0.5) is 17.6 Å². The maximum absolute atomic E-state index is 14.5. The van der Waals surface area contributed by atoms with Crippen LogP contribution in [0.3, 0.4) is 0 Å². The summed E-state index contributed by atoms with van der Waals surface area (Å²) >= 11 is 0. The zero-order chi connectivity index (χ0) is 32.0. The predicted octanol–water partition coefficient (Wildman–Crippen LogP) is 6.99. The number of sulfone groups is 1.